The molecule has 1 atom stereocenters. The second-order valence-electron chi connectivity index (χ2n) is 6.28. The van der Waals surface area contributed by atoms with E-state index in [0.29, 0.717) is 23.6 Å². The molecule has 2 heterocycles. The van der Waals surface area contributed by atoms with Gasteiger partial charge in [-0.2, -0.15) is 0 Å². The van der Waals surface area contributed by atoms with Gasteiger partial charge in [0.15, 0.2) is 6.61 Å². The zero-order valence-electron chi connectivity index (χ0n) is 14.2. The second kappa shape index (κ2) is 6.55. The number of anilines is 1. The molecular weight excluding hydrogens is 334 g/mol. The van der Waals surface area contributed by atoms with Crippen molar-refractivity contribution in [3.8, 4) is 5.75 Å². The van der Waals surface area contributed by atoms with Crippen molar-refractivity contribution in [2.75, 3.05) is 5.32 Å². The first kappa shape index (κ1) is 16.2. The van der Waals surface area contributed by atoms with Crippen molar-refractivity contribution in [2.24, 2.45) is 0 Å². The molecule has 1 aliphatic heterocycles. The van der Waals surface area contributed by atoms with Crippen LogP contribution in [0.1, 0.15) is 30.6 Å². The van der Waals surface area contributed by atoms with Crippen LogP contribution in [0.25, 0.3) is 11.0 Å². The lowest BCUT2D eigenvalue weighted by Crippen LogP contribution is -2.19. The number of esters is 1. The van der Waals surface area contributed by atoms with E-state index in [4.69, 9.17) is 13.9 Å². The first-order valence-corrected chi connectivity index (χ1v) is 8.34. The minimum atomic E-state index is -0.611. The minimum absolute atomic E-state index is 0.0253. The molecule has 4 rings (SSSR count). The van der Waals surface area contributed by atoms with Gasteiger partial charge in [-0.3, -0.25) is 10.1 Å². The van der Waals surface area contributed by atoms with E-state index >= 15 is 0 Å². The number of hydrogen-bond donors (Lipinski definition) is 1. The third kappa shape index (κ3) is 3.26. The number of benzene rings is 2. The Morgan fingerprint density at radius 2 is 2.08 bits per heavy atom. The van der Waals surface area contributed by atoms with Crippen LogP contribution in [0.4, 0.5) is 10.5 Å². The summed E-state index contributed by atoms with van der Waals surface area (Å²) in [6, 6.07) is 14.7. The monoisotopic (exact) mass is 351 g/mol. The summed E-state index contributed by atoms with van der Waals surface area (Å²) in [7, 11) is 0. The summed E-state index contributed by atoms with van der Waals surface area (Å²) in [6.07, 6.45) is -0.250. The predicted molar refractivity (Wildman–Crippen MR) is 95.1 cm³/mol. The maximum absolute atomic E-state index is 12.0. The molecule has 1 N–H and O–H groups in total. The van der Waals surface area contributed by atoms with Crippen LogP contribution in [0.15, 0.2) is 52.9 Å². The molecule has 0 spiro atoms. The highest BCUT2D eigenvalue weighted by molar-refractivity contribution is 5.86. The van der Waals surface area contributed by atoms with Crippen LogP contribution >= 0.6 is 0 Å². The highest BCUT2D eigenvalue weighted by Crippen LogP contribution is 2.35. The molecule has 6 nitrogen and oxygen atoms in total. The largest absolute Gasteiger partial charge is 0.457 e. The van der Waals surface area contributed by atoms with Crippen LogP contribution in [-0.2, 0) is 16.1 Å². The van der Waals surface area contributed by atoms with Crippen molar-refractivity contribution in [1.82, 2.24) is 0 Å². The van der Waals surface area contributed by atoms with Gasteiger partial charge in [0.05, 0.1) is 6.42 Å². The molecule has 0 saturated heterocycles. The van der Waals surface area contributed by atoms with E-state index in [2.05, 4.69) is 5.32 Å². The van der Waals surface area contributed by atoms with Crippen LogP contribution in [-0.4, -0.2) is 12.1 Å². The number of furan rings is 1. The molecule has 0 saturated carbocycles. The zero-order valence-corrected chi connectivity index (χ0v) is 14.2. The summed E-state index contributed by atoms with van der Waals surface area (Å²) in [6.45, 7) is 1.99. The fourth-order valence-corrected chi connectivity index (χ4v) is 3.03. The van der Waals surface area contributed by atoms with E-state index < -0.39 is 6.09 Å². The molecule has 1 aliphatic rings. The van der Waals surface area contributed by atoms with Gasteiger partial charge in [0.2, 0.25) is 0 Å². The van der Waals surface area contributed by atoms with Crippen molar-refractivity contribution in [3.05, 3.63) is 59.9 Å². The quantitative estimate of drug-likeness (QED) is 0.551. The Kier molecular flexibility index (Phi) is 4.08. The van der Waals surface area contributed by atoms with Crippen molar-refractivity contribution >= 4 is 28.7 Å². The fourth-order valence-electron chi connectivity index (χ4n) is 3.03. The maximum atomic E-state index is 12.0. The van der Waals surface area contributed by atoms with Crippen molar-refractivity contribution in [2.45, 2.75) is 25.9 Å². The standard InChI is InChI=1S/C20H17NO5/c1-12-8-19(22)26-18-10-14(6-7-16(12)18)21-20(23)24-11-15-9-13-4-2-3-5-17(13)25-15/h2-7,9-10,12H,8,11H2,1H3,(H,21,23). The lowest BCUT2D eigenvalue weighted by molar-refractivity contribution is -0.135. The molecular formula is C20H17NO5. The molecule has 132 valence electrons. The van der Waals surface area contributed by atoms with E-state index in [1.54, 1.807) is 12.1 Å². The average molecular weight is 351 g/mol. The first-order chi connectivity index (χ1) is 12.6. The molecule has 2 aromatic carbocycles. The van der Waals surface area contributed by atoms with Crippen molar-refractivity contribution < 1.29 is 23.5 Å². The molecule has 0 aliphatic carbocycles. The topological polar surface area (TPSA) is 77.8 Å². The summed E-state index contributed by atoms with van der Waals surface area (Å²) < 4.78 is 16.0. The van der Waals surface area contributed by atoms with Crippen LogP contribution in [0.2, 0.25) is 0 Å². The molecule has 1 unspecified atom stereocenters. The summed E-state index contributed by atoms with van der Waals surface area (Å²) in [5, 5.41) is 3.59. The lowest BCUT2D eigenvalue weighted by Gasteiger charge is -2.21. The Labute approximate surface area is 149 Å². The van der Waals surface area contributed by atoms with E-state index in [9.17, 15) is 9.59 Å². The third-order valence-corrected chi connectivity index (χ3v) is 4.31. The Morgan fingerprint density at radius 3 is 2.92 bits per heavy atom. The van der Waals surface area contributed by atoms with Gasteiger partial charge in [0.25, 0.3) is 0 Å². The Morgan fingerprint density at radius 1 is 1.23 bits per heavy atom. The van der Waals surface area contributed by atoms with E-state index in [0.717, 1.165) is 16.5 Å². The summed E-state index contributed by atoms with van der Waals surface area (Å²) >= 11 is 0. The molecule has 6 heteroatoms. The number of hydrogen-bond acceptors (Lipinski definition) is 5. The van der Waals surface area contributed by atoms with Gasteiger partial charge in [-0.1, -0.05) is 31.2 Å². The Balaban J connectivity index is 1.40. The zero-order chi connectivity index (χ0) is 18.1. The lowest BCUT2D eigenvalue weighted by atomic mass is 9.94. The van der Waals surface area contributed by atoms with Gasteiger partial charge in [-0.05, 0) is 29.7 Å². The number of nitrogens with one attached hydrogen (secondary N) is 1. The van der Waals surface area contributed by atoms with Gasteiger partial charge in [0, 0.05) is 17.1 Å². The number of rotatable bonds is 3. The summed E-state index contributed by atoms with van der Waals surface area (Å²) in [5.41, 5.74) is 2.20. The Hall–Kier alpha value is -3.28. The number of amides is 1. The minimum Gasteiger partial charge on any atom is -0.457 e. The molecule has 1 amide bonds. The SMILES string of the molecule is CC1CC(=O)Oc2cc(NC(=O)OCc3cc4ccccc4o3)ccc21. The number of carbonyl (C=O) groups is 2. The maximum Gasteiger partial charge on any atom is 0.412 e. The molecule has 0 bridgehead atoms. The number of carbonyl (C=O) groups excluding carboxylic acids is 2. The highest BCUT2D eigenvalue weighted by atomic mass is 16.6. The Bertz CT molecular complexity index is 958. The van der Waals surface area contributed by atoms with Gasteiger partial charge in [0.1, 0.15) is 17.1 Å². The average Bonchev–Trinajstić information content (AvgIpc) is 3.02. The second-order valence-corrected chi connectivity index (χ2v) is 6.28. The fraction of sp³-hybridized carbons (Fsp3) is 0.200. The molecule has 26 heavy (non-hydrogen) atoms. The predicted octanol–water partition coefficient (Wildman–Crippen LogP) is 4.59. The van der Waals surface area contributed by atoms with E-state index in [1.807, 2.05) is 43.3 Å². The van der Waals surface area contributed by atoms with Gasteiger partial charge < -0.3 is 13.9 Å². The van der Waals surface area contributed by atoms with Gasteiger partial charge in [-0.25, -0.2) is 4.79 Å². The number of para-hydroxylation sites is 1. The van der Waals surface area contributed by atoms with Crippen molar-refractivity contribution in [3.63, 3.8) is 0 Å². The highest BCUT2D eigenvalue weighted by Gasteiger charge is 2.24. The molecule has 3 aromatic rings. The first-order valence-electron chi connectivity index (χ1n) is 8.34. The molecule has 0 radical (unpaired) electrons. The summed E-state index contributed by atoms with van der Waals surface area (Å²) in [5.74, 6) is 0.869. The number of fused-ring (bicyclic) bond motifs is 2. The van der Waals surface area contributed by atoms with Crippen LogP contribution in [0.3, 0.4) is 0 Å². The van der Waals surface area contributed by atoms with Crippen LogP contribution in [0.5, 0.6) is 5.75 Å². The van der Waals surface area contributed by atoms with Crippen molar-refractivity contribution in [1.29, 1.82) is 0 Å². The molecule has 1 aromatic heterocycles. The normalized spacial score (nSPS) is 16.0. The number of ether oxygens (including phenoxy) is 2. The third-order valence-electron chi connectivity index (χ3n) is 4.31. The van der Waals surface area contributed by atoms with Gasteiger partial charge >= 0.3 is 12.1 Å². The van der Waals surface area contributed by atoms with Crippen LogP contribution in [0, 0.1) is 0 Å². The van der Waals surface area contributed by atoms with Crippen LogP contribution < -0.4 is 10.1 Å². The van der Waals surface area contributed by atoms with E-state index in [1.165, 1.54) is 0 Å². The smallest absolute Gasteiger partial charge is 0.412 e. The summed E-state index contributed by atoms with van der Waals surface area (Å²) in [4.78, 5) is 23.6. The molecule has 0 fully saturated rings. The van der Waals surface area contributed by atoms with E-state index in [-0.39, 0.29) is 18.5 Å². The van der Waals surface area contributed by atoms with Gasteiger partial charge in [-0.15, -0.1) is 0 Å².